The molecule has 0 saturated heterocycles. The first kappa shape index (κ1) is 11.7. The third kappa shape index (κ3) is 2.06. The smallest absolute Gasteiger partial charge is 0.337 e. The molecule has 1 aliphatic heterocycles. The van der Waals surface area contributed by atoms with Gasteiger partial charge in [0, 0.05) is 13.6 Å². The van der Waals surface area contributed by atoms with Crippen LogP contribution in [-0.2, 0) is 4.74 Å². The molecule has 0 aromatic heterocycles. The molecule has 1 aliphatic rings. The summed E-state index contributed by atoms with van der Waals surface area (Å²) in [5.74, 6) is 0.418. The highest BCUT2D eigenvalue weighted by atomic mass is 16.5. The van der Waals surface area contributed by atoms with Crippen molar-refractivity contribution >= 4 is 11.7 Å². The summed E-state index contributed by atoms with van der Waals surface area (Å²) in [7, 11) is 3.31. The van der Waals surface area contributed by atoms with Crippen LogP contribution < -0.4 is 15.4 Å². The molecule has 1 heterocycles. The van der Waals surface area contributed by atoms with Crippen molar-refractivity contribution in [3.8, 4) is 5.75 Å². The average molecular weight is 236 g/mol. The Morgan fingerprint density at radius 1 is 1.65 bits per heavy atom. The molecule has 0 saturated carbocycles. The Kier molecular flexibility index (Phi) is 3.19. The number of benzene rings is 1. The lowest BCUT2D eigenvalue weighted by Crippen LogP contribution is -2.45. The summed E-state index contributed by atoms with van der Waals surface area (Å²) in [5.41, 5.74) is 7.04. The summed E-state index contributed by atoms with van der Waals surface area (Å²) in [6.07, 6.45) is 0. The number of rotatable bonds is 2. The topological polar surface area (TPSA) is 64.8 Å². The fourth-order valence-corrected chi connectivity index (χ4v) is 1.88. The maximum absolute atomic E-state index is 11.5. The van der Waals surface area contributed by atoms with Gasteiger partial charge >= 0.3 is 5.97 Å². The SMILES string of the molecule is COC(=O)c1ccc2c(c1)N(C)C(CN)CO2. The minimum Gasteiger partial charge on any atom is -0.489 e. The Hall–Kier alpha value is -1.75. The number of carbonyl (C=O) groups is 1. The van der Waals surface area contributed by atoms with Crippen LogP contribution in [0.3, 0.4) is 0 Å². The zero-order valence-electron chi connectivity index (χ0n) is 9.97. The van der Waals surface area contributed by atoms with Gasteiger partial charge in [-0.1, -0.05) is 0 Å². The zero-order valence-corrected chi connectivity index (χ0v) is 9.97. The summed E-state index contributed by atoms with van der Waals surface area (Å²) in [5, 5.41) is 0. The van der Waals surface area contributed by atoms with Gasteiger partial charge in [-0.3, -0.25) is 0 Å². The van der Waals surface area contributed by atoms with Gasteiger partial charge in [0.1, 0.15) is 12.4 Å². The lowest BCUT2D eigenvalue weighted by Gasteiger charge is -2.35. The van der Waals surface area contributed by atoms with E-state index in [0.29, 0.717) is 18.7 Å². The molecule has 0 aliphatic carbocycles. The van der Waals surface area contributed by atoms with Crippen molar-refractivity contribution < 1.29 is 14.3 Å². The molecule has 1 aromatic carbocycles. The van der Waals surface area contributed by atoms with Crippen LogP contribution in [-0.4, -0.2) is 39.3 Å². The average Bonchev–Trinajstić information content (AvgIpc) is 2.38. The monoisotopic (exact) mass is 236 g/mol. The molecule has 5 heteroatoms. The highest BCUT2D eigenvalue weighted by molar-refractivity contribution is 5.91. The number of ether oxygens (including phenoxy) is 2. The fraction of sp³-hybridized carbons (Fsp3) is 0.417. The molecular weight excluding hydrogens is 220 g/mol. The largest absolute Gasteiger partial charge is 0.489 e. The van der Waals surface area contributed by atoms with E-state index < -0.39 is 0 Å². The van der Waals surface area contributed by atoms with Gasteiger partial charge < -0.3 is 20.1 Å². The van der Waals surface area contributed by atoms with Crippen LogP contribution in [0.5, 0.6) is 5.75 Å². The molecule has 1 aromatic rings. The summed E-state index contributed by atoms with van der Waals surface area (Å²) < 4.78 is 10.3. The summed E-state index contributed by atoms with van der Waals surface area (Å²) in [6.45, 7) is 1.08. The molecule has 1 atom stereocenters. The standard InChI is InChI=1S/C12H16N2O3/c1-14-9(6-13)7-17-11-4-3-8(5-10(11)14)12(15)16-2/h3-5,9H,6-7,13H2,1-2H3. The normalized spacial score (nSPS) is 18.3. The van der Waals surface area contributed by atoms with Gasteiger partial charge in [0.15, 0.2) is 0 Å². The van der Waals surface area contributed by atoms with Crippen LogP contribution in [0, 0.1) is 0 Å². The lowest BCUT2D eigenvalue weighted by molar-refractivity contribution is 0.0600. The first-order valence-corrected chi connectivity index (χ1v) is 5.45. The van der Waals surface area contributed by atoms with Crippen molar-refractivity contribution in [2.75, 3.05) is 32.2 Å². The number of hydrogen-bond acceptors (Lipinski definition) is 5. The number of esters is 1. The number of nitrogens with two attached hydrogens (primary N) is 1. The molecule has 0 fully saturated rings. The van der Waals surface area contributed by atoms with Gasteiger partial charge in [-0.2, -0.15) is 0 Å². The van der Waals surface area contributed by atoms with Gasteiger partial charge in [-0.25, -0.2) is 4.79 Å². The van der Waals surface area contributed by atoms with Crippen LogP contribution in [0.4, 0.5) is 5.69 Å². The number of nitrogens with zero attached hydrogens (tertiary/aromatic N) is 1. The van der Waals surface area contributed by atoms with Crippen molar-refractivity contribution in [1.82, 2.24) is 0 Å². The second-order valence-corrected chi connectivity index (χ2v) is 3.99. The molecule has 17 heavy (non-hydrogen) atoms. The summed E-state index contributed by atoms with van der Waals surface area (Å²) in [4.78, 5) is 13.5. The van der Waals surface area contributed by atoms with Crippen LogP contribution in [0.1, 0.15) is 10.4 Å². The van der Waals surface area contributed by atoms with Crippen LogP contribution in [0.2, 0.25) is 0 Å². The van der Waals surface area contributed by atoms with Gasteiger partial charge in [0.2, 0.25) is 0 Å². The van der Waals surface area contributed by atoms with E-state index in [-0.39, 0.29) is 12.0 Å². The molecule has 0 bridgehead atoms. The molecule has 2 rings (SSSR count). The van der Waals surface area contributed by atoms with Crippen LogP contribution >= 0.6 is 0 Å². The van der Waals surface area contributed by atoms with Gasteiger partial charge in [0.05, 0.1) is 24.4 Å². The molecule has 5 nitrogen and oxygen atoms in total. The van der Waals surface area contributed by atoms with Crippen molar-refractivity contribution in [3.05, 3.63) is 23.8 Å². The minimum absolute atomic E-state index is 0.135. The third-order valence-corrected chi connectivity index (χ3v) is 3.01. The molecule has 0 radical (unpaired) electrons. The van der Waals surface area contributed by atoms with Crippen LogP contribution in [0.15, 0.2) is 18.2 Å². The number of likely N-dealkylation sites (N-methyl/N-ethyl adjacent to an activating group) is 1. The van der Waals surface area contributed by atoms with Crippen molar-refractivity contribution in [1.29, 1.82) is 0 Å². The van der Waals surface area contributed by atoms with E-state index >= 15 is 0 Å². The van der Waals surface area contributed by atoms with Gasteiger partial charge in [-0.15, -0.1) is 0 Å². The number of carbonyl (C=O) groups excluding carboxylic acids is 1. The first-order valence-electron chi connectivity index (χ1n) is 5.45. The predicted octanol–water partition coefficient (Wildman–Crippen LogP) is 0.629. The van der Waals surface area contributed by atoms with Crippen molar-refractivity contribution in [2.24, 2.45) is 5.73 Å². The Bertz CT molecular complexity index is 434. The van der Waals surface area contributed by atoms with E-state index in [9.17, 15) is 4.79 Å². The third-order valence-electron chi connectivity index (χ3n) is 3.01. The number of methoxy groups -OCH3 is 1. The van der Waals surface area contributed by atoms with Gasteiger partial charge in [-0.05, 0) is 18.2 Å². The number of fused-ring (bicyclic) bond motifs is 1. The molecule has 1 unspecified atom stereocenters. The van der Waals surface area contributed by atoms with E-state index in [1.165, 1.54) is 7.11 Å². The van der Waals surface area contributed by atoms with Crippen molar-refractivity contribution in [3.63, 3.8) is 0 Å². The second kappa shape index (κ2) is 4.63. The Balaban J connectivity index is 2.36. The summed E-state index contributed by atoms with van der Waals surface area (Å²) >= 11 is 0. The maximum Gasteiger partial charge on any atom is 0.337 e. The fourth-order valence-electron chi connectivity index (χ4n) is 1.88. The molecule has 92 valence electrons. The molecule has 0 amide bonds. The highest BCUT2D eigenvalue weighted by Crippen LogP contribution is 2.33. The summed E-state index contributed by atoms with van der Waals surface area (Å²) in [6, 6.07) is 5.38. The van der Waals surface area contributed by atoms with E-state index in [2.05, 4.69) is 0 Å². The maximum atomic E-state index is 11.5. The molecule has 2 N–H and O–H groups in total. The van der Waals surface area contributed by atoms with E-state index in [0.717, 1.165) is 11.4 Å². The van der Waals surface area contributed by atoms with Crippen LogP contribution in [0.25, 0.3) is 0 Å². The van der Waals surface area contributed by atoms with E-state index in [4.69, 9.17) is 15.2 Å². The predicted molar refractivity (Wildman–Crippen MR) is 64.5 cm³/mol. The van der Waals surface area contributed by atoms with Gasteiger partial charge in [0.25, 0.3) is 0 Å². The lowest BCUT2D eigenvalue weighted by atomic mass is 10.1. The number of anilines is 1. The quantitative estimate of drug-likeness (QED) is 0.763. The molecule has 0 spiro atoms. The molecular formula is C12H16N2O3. The van der Waals surface area contributed by atoms with E-state index in [1.807, 2.05) is 11.9 Å². The first-order chi connectivity index (χ1) is 8.17. The Morgan fingerprint density at radius 2 is 2.41 bits per heavy atom. The Labute approximate surface area is 100 Å². The second-order valence-electron chi connectivity index (χ2n) is 3.99. The van der Waals surface area contributed by atoms with E-state index in [1.54, 1.807) is 18.2 Å². The number of hydrogen-bond donors (Lipinski definition) is 1. The Morgan fingerprint density at radius 3 is 3.06 bits per heavy atom. The minimum atomic E-state index is -0.351. The zero-order chi connectivity index (χ0) is 12.4. The highest BCUT2D eigenvalue weighted by Gasteiger charge is 2.24. The van der Waals surface area contributed by atoms with Crippen molar-refractivity contribution in [2.45, 2.75) is 6.04 Å².